The van der Waals surface area contributed by atoms with Crippen LogP contribution in [0.1, 0.15) is 84.0 Å². The molecule has 0 saturated carbocycles. The molecule has 2 atom stereocenters. The summed E-state index contributed by atoms with van der Waals surface area (Å²) in [5, 5.41) is 0. The van der Waals surface area contributed by atoms with Gasteiger partial charge in [-0.25, -0.2) is 0 Å². The molecule has 2 aliphatic heterocycles. The van der Waals surface area contributed by atoms with Crippen molar-refractivity contribution < 1.29 is 9.47 Å². The number of fused-ring (bicyclic) bond motifs is 1. The summed E-state index contributed by atoms with van der Waals surface area (Å²) in [6.07, 6.45) is 17.0. The fraction of sp³-hybridized carbons (Fsp3) is 1.00. The van der Waals surface area contributed by atoms with Gasteiger partial charge in [-0.2, -0.15) is 0 Å². The van der Waals surface area contributed by atoms with E-state index in [-0.39, 0.29) is 11.9 Å². The zero-order valence-corrected chi connectivity index (χ0v) is 12.1. The fourth-order valence-corrected chi connectivity index (χ4v) is 2.92. The first-order valence-corrected chi connectivity index (χ1v) is 8.17. The van der Waals surface area contributed by atoms with Crippen molar-refractivity contribution in [2.75, 3.05) is 6.61 Å². The molecule has 0 radical (unpaired) electrons. The second-order valence-corrected chi connectivity index (χ2v) is 6.11. The lowest BCUT2D eigenvalue weighted by Gasteiger charge is -2.19. The molecular formula is C16H30O2. The molecule has 0 bridgehead atoms. The number of rotatable bonds is 12. The lowest BCUT2D eigenvalue weighted by Crippen LogP contribution is -2.33. The van der Waals surface area contributed by atoms with Crippen molar-refractivity contribution in [1.29, 1.82) is 0 Å². The zero-order chi connectivity index (χ0) is 12.7. The van der Waals surface area contributed by atoms with Crippen molar-refractivity contribution in [2.24, 2.45) is 0 Å². The standard InChI is InChI=1S/C16H30O2/c1-2-3-4-5-6-7-8-9-10-11-12-13-16-14-17-15(16)18-16/h15H,2-14H2,1H3. The Morgan fingerprint density at radius 3 is 1.78 bits per heavy atom. The number of ether oxygens (including phenoxy) is 2. The van der Waals surface area contributed by atoms with E-state index in [4.69, 9.17) is 9.47 Å². The van der Waals surface area contributed by atoms with E-state index in [0.717, 1.165) is 6.61 Å². The first-order chi connectivity index (χ1) is 8.87. The third-order valence-electron chi connectivity index (χ3n) is 4.40. The van der Waals surface area contributed by atoms with Gasteiger partial charge in [0.2, 0.25) is 0 Å². The zero-order valence-electron chi connectivity index (χ0n) is 12.1. The van der Waals surface area contributed by atoms with Crippen LogP contribution in [0.3, 0.4) is 0 Å². The van der Waals surface area contributed by atoms with Crippen LogP contribution in [0.25, 0.3) is 0 Å². The quantitative estimate of drug-likeness (QED) is 0.368. The highest BCUT2D eigenvalue weighted by Gasteiger charge is 2.65. The Kier molecular flexibility index (Phi) is 5.97. The summed E-state index contributed by atoms with van der Waals surface area (Å²) in [6, 6.07) is 0. The maximum Gasteiger partial charge on any atom is 0.190 e. The number of hydrogen-bond acceptors (Lipinski definition) is 2. The first kappa shape index (κ1) is 14.3. The van der Waals surface area contributed by atoms with Crippen molar-refractivity contribution in [3.63, 3.8) is 0 Å². The van der Waals surface area contributed by atoms with Gasteiger partial charge in [0.25, 0.3) is 0 Å². The molecule has 2 aliphatic rings. The van der Waals surface area contributed by atoms with E-state index in [2.05, 4.69) is 6.92 Å². The summed E-state index contributed by atoms with van der Waals surface area (Å²) in [4.78, 5) is 0. The highest BCUT2D eigenvalue weighted by Crippen LogP contribution is 2.50. The topological polar surface area (TPSA) is 21.8 Å². The molecule has 2 saturated heterocycles. The Morgan fingerprint density at radius 1 is 0.833 bits per heavy atom. The Labute approximate surface area is 112 Å². The molecule has 2 unspecified atom stereocenters. The monoisotopic (exact) mass is 254 g/mol. The average Bonchev–Trinajstić information content (AvgIpc) is 2.89. The van der Waals surface area contributed by atoms with Gasteiger partial charge in [-0.15, -0.1) is 0 Å². The average molecular weight is 254 g/mol. The molecule has 2 fully saturated rings. The van der Waals surface area contributed by atoms with Crippen LogP contribution >= 0.6 is 0 Å². The highest BCUT2D eigenvalue weighted by atomic mass is 16.8. The van der Waals surface area contributed by atoms with Gasteiger partial charge in [0.1, 0.15) is 5.60 Å². The molecule has 2 rings (SSSR count). The van der Waals surface area contributed by atoms with Crippen LogP contribution in [0.15, 0.2) is 0 Å². The largest absolute Gasteiger partial charge is 0.346 e. The number of unbranched alkanes of at least 4 members (excludes halogenated alkanes) is 10. The predicted molar refractivity (Wildman–Crippen MR) is 74.6 cm³/mol. The first-order valence-electron chi connectivity index (χ1n) is 8.17. The third kappa shape index (κ3) is 4.24. The lowest BCUT2D eigenvalue weighted by atomic mass is 9.98. The van der Waals surface area contributed by atoms with Crippen LogP contribution in [0.5, 0.6) is 0 Å². The van der Waals surface area contributed by atoms with Crippen LogP contribution < -0.4 is 0 Å². The molecule has 18 heavy (non-hydrogen) atoms. The molecular weight excluding hydrogens is 224 g/mol. The van der Waals surface area contributed by atoms with Gasteiger partial charge in [0.15, 0.2) is 6.29 Å². The van der Waals surface area contributed by atoms with Gasteiger partial charge in [0, 0.05) is 0 Å². The normalized spacial score (nSPS) is 28.8. The van der Waals surface area contributed by atoms with Gasteiger partial charge in [-0.05, 0) is 6.42 Å². The molecule has 0 aromatic heterocycles. The summed E-state index contributed by atoms with van der Waals surface area (Å²) >= 11 is 0. The summed E-state index contributed by atoms with van der Waals surface area (Å²) in [5.74, 6) is 0. The Morgan fingerprint density at radius 2 is 1.39 bits per heavy atom. The highest BCUT2D eigenvalue weighted by molar-refractivity contribution is 5.04. The summed E-state index contributed by atoms with van der Waals surface area (Å²) in [5.41, 5.74) is 0.208. The Bertz CT molecular complexity index is 225. The van der Waals surface area contributed by atoms with Crippen molar-refractivity contribution in [2.45, 2.75) is 95.9 Å². The molecule has 0 N–H and O–H groups in total. The van der Waals surface area contributed by atoms with Crippen molar-refractivity contribution >= 4 is 0 Å². The molecule has 2 heteroatoms. The van der Waals surface area contributed by atoms with Gasteiger partial charge < -0.3 is 9.47 Å². The minimum absolute atomic E-state index is 0.195. The molecule has 2 nitrogen and oxygen atoms in total. The minimum Gasteiger partial charge on any atom is -0.346 e. The van der Waals surface area contributed by atoms with Crippen LogP contribution in [0.2, 0.25) is 0 Å². The maximum absolute atomic E-state index is 5.49. The van der Waals surface area contributed by atoms with Crippen LogP contribution in [-0.2, 0) is 9.47 Å². The number of epoxide rings is 1. The molecule has 0 spiro atoms. The lowest BCUT2D eigenvalue weighted by molar-refractivity contribution is -0.00238. The van der Waals surface area contributed by atoms with Gasteiger partial charge in [-0.1, -0.05) is 77.6 Å². The summed E-state index contributed by atoms with van der Waals surface area (Å²) in [6.45, 7) is 3.14. The van der Waals surface area contributed by atoms with Gasteiger partial charge in [0.05, 0.1) is 6.61 Å². The second kappa shape index (κ2) is 7.49. The van der Waals surface area contributed by atoms with E-state index >= 15 is 0 Å². The van der Waals surface area contributed by atoms with Crippen molar-refractivity contribution in [3.05, 3.63) is 0 Å². The van der Waals surface area contributed by atoms with E-state index in [1.54, 1.807) is 0 Å². The molecule has 0 aromatic rings. The Balaban J connectivity index is 1.26. The van der Waals surface area contributed by atoms with E-state index < -0.39 is 0 Å². The Hall–Kier alpha value is -0.0800. The molecule has 106 valence electrons. The molecule has 0 aliphatic carbocycles. The second-order valence-electron chi connectivity index (χ2n) is 6.11. The molecule has 2 heterocycles. The maximum atomic E-state index is 5.49. The molecule has 0 amide bonds. The van der Waals surface area contributed by atoms with E-state index in [1.807, 2.05) is 0 Å². The minimum atomic E-state index is 0.195. The van der Waals surface area contributed by atoms with Gasteiger partial charge in [-0.3, -0.25) is 0 Å². The van der Waals surface area contributed by atoms with Gasteiger partial charge >= 0.3 is 0 Å². The SMILES string of the molecule is CCCCCCCCCCCCCC12COC1O2. The van der Waals surface area contributed by atoms with Crippen LogP contribution in [0, 0.1) is 0 Å². The van der Waals surface area contributed by atoms with E-state index in [9.17, 15) is 0 Å². The fourth-order valence-electron chi connectivity index (χ4n) is 2.92. The van der Waals surface area contributed by atoms with Crippen LogP contribution in [-0.4, -0.2) is 18.5 Å². The third-order valence-corrected chi connectivity index (χ3v) is 4.40. The van der Waals surface area contributed by atoms with Crippen LogP contribution in [0.4, 0.5) is 0 Å². The molecule has 0 aromatic carbocycles. The summed E-state index contributed by atoms with van der Waals surface area (Å²) in [7, 11) is 0. The predicted octanol–water partition coefficient (Wildman–Crippen LogP) is 4.81. The van der Waals surface area contributed by atoms with Crippen molar-refractivity contribution in [1.82, 2.24) is 0 Å². The van der Waals surface area contributed by atoms with E-state index in [0.29, 0.717) is 0 Å². The summed E-state index contributed by atoms with van der Waals surface area (Å²) < 4.78 is 10.7. The number of hydrogen-bond donors (Lipinski definition) is 0. The van der Waals surface area contributed by atoms with E-state index in [1.165, 1.54) is 77.0 Å². The van der Waals surface area contributed by atoms with Crippen molar-refractivity contribution in [3.8, 4) is 0 Å². The smallest absolute Gasteiger partial charge is 0.190 e.